The number of carbonyl (C=O) groups excluding carboxylic acids is 1. The van der Waals surface area contributed by atoms with Gasteiger partial charge in [0.15, 0.2) is 0 Å². The van der Waals surface area contributed by atoms with Gasteiger partial charge in [-0.05, 0) is 28.8 Å². The number of nitrogens with zero attached hydrogens (tertiary/aromatic N) is 2. The summed E-state index contributed by atoms with van der Waals surface area (Å²) in [6.07, 6.45) is 4.24. The molecular weight excluding hydrogens is 370 g/mol. The lowest BCUT2D eigenvalue weighted by Gasteiger charge is -2.05. The Morgan fingerprint density at radius 3 is 2.41 bits per heavy atom. The number of benzene rings is 2. The molecule has 7 nitrogen and oxygen atoms in total. The predicted molar refractivity (Wildman–Crippen MR) is 111 cm³/mol. The fourth-order valence-corrected chi connectivity index (χ4v) is 2.56. The first-order valence-electron chi connectivity index (χ1n) is 8.96. The zero-order chi connectivity index (χ0) is 20.5. The van der Waals surface area contributed by atoms with Gasteiger partial charge in [0, 0.05) is 12.1 Å². The van der Waals surface area contributed by atoms with Crippen LogP contribution in [-0.4, -0.2) is 29.0 Å². The molecule has 0 saturated carbocycles. The van der Waals surface area contributed by atoms with Crippen LogP contribution in [0.25, 0.3) is 17.2 Å². The zero-order valence-corrected chi connectivity index (χ0v) is 15.5. The highest BCUT2D eigenvalue weighted by Crippen LogP contribution is 2.19. The van der Waals surface area contributed by atoms with E-state index in [4.69, 9.17) is 4.74 Å². The van der Waals surface area contributed by atoms with Gasteiger partial charge in [0.1, 0.15) is 18.6 Å². The van der Waals surface area contributed by atoms with E-state index >= 15 is 0 Å². The van der Waals surface area contributed by atoms with Crippen molar-refractivity contribution in [3.63, 3.8) is 0 Å². The van der Waals surface area contributed by atoms with Crippen molar-refractivity contribution in [3.8, 4) is 11.1 Å². The fraction of sp³-hybridized carbons (Fsp3) is 0.0909. The van der Waals surface area contributed by atoms with Crippen LogP contribution >= 0.6 is 0 Å². The van der Waals surface area contributed by atoms with E-state index in [-0.39, 0.29) is 12.3 Å². The van der Waals surface area contributed by atoms with Crippen molar-refractivity contribution in [3.05, 3.63) is 94.7 Å². The van der Waals surface area contributed by atoms with Gasteiger partial charge in [-0.15, -0.1) is 0 Å². The molecule has 0 amide bonds. The molecule has 0 aliphatic heterocycles. The first-order valence-corrected chi connectivity index (χ1v) is 8.96. The van der Waals surface area contributed by atoms with Crippen molar-refractivity contribution in [2.45, 2.75) is 0 Å². The Morgan fingerprint density at radius 2 is 1.76 bits per heavy atom. The number of carbonyl (C=O) groups is 1. The summed E-state index contributed by atoms with van der Waals surface area (Å²) in [6, 6.07) is 20.8. The van der Waals surface area contributed by atoms with Crippen LogP contribution in [0.5, 0.6) is 0 Å². The number of pyridine rings is 1. The highest BCUT2D eigenvalue weighted by molar-refractivity contribution is 5.87. The molecule has 2 aromatic carbocycles. The van der Waals surface area contributed by atoms with Gasteiger partial charge in [0.05, 0.1) is 11.5 Å². The molecule has 1 aromatic heterocycles. The SMILES string of the molecule is O=C(/C=C/c1ccc(-c2ccccc2)cc1)OCCNc1ccc([N+](=O)[O-])cn1. The van der Waals surface area contributed by atoms with Crippen molar-refractivity contribution >= 4 is 23.6 Å². The van der Waals surface area contributed by atoms with E-state index < -0.39 is 10.9 Å². The molecule has 7 heteroatoms. The number of hydrogen-bond donors (Lipinski definition) is 1. The predicted octanol–water partition coefficient (Wildman–Crippen LogP) is 4.33. The van der Waals surface area contributed by atoms with Gasteiger partial charge >= 0.3 is 5.97 Å². The Bertz CT molecular complexity index is 985. The molecule has 0 unspecified atom stereocenters. The van der Waals surface area contributed by atoms with Crippen LogP contribution in [0, 0.1) is 10.1 Å². The third kappa shape index (κ3) is 6.00. The summed E-state index contributed by atoms with van der Waals surface area (Å²) in [5.41, 5.74) is 3.06. The first-order chi connectivity index (χ1) is 14.1. The standard InChI is InChI=1S/C22H19N3O4/c26-22(29-15-14-23-21-12-11-20(16-24-21)25(27)28)13-8-17-6-9-19(10-7-17)18-4-2-1-3-5-18/h1-13,16H,14-15H2,(H,23,24)/b13-8+. The minimum absolute atomic E-state index is 0.0797. The molecule has 0 bridgehead atoms. The van der Waals surface area contributed by atoms with Gasteiger partial charge in [-0.1, -0.05) is 54.6 Å². The lowest BCUT2D eigenvalue weighted by atomic mass is 10.0. The third-order valence-electron chi connectivity index (χ3n) is 4.04. The Morgan fingerprint density at radius 1 is 1.03 bits per heavy atom. The molecule has 146 valence electrons. The van der Waals surface area contributed by atoms with Crippen LogP contribution < -0.4 is 5.32 Å². The highest BCUT2D eigenvalue weighted by Gasteiger charge is 2.05. The van der Waals surface area contributed by atoms with Gasteiger partial charge in [0.25, 0.3) is 5.69 Å². The molecule has 29 heavy (non-hydrogen) atoms. The summed E-state index contributed by atoms with van der Waals surface area (Å²) in [5, 5.41) is 13.5. The van der Waals surface area contributed by atoms with E-state index in [9.17, 15) is 14.9 Å². The number of aromatic nitrogens is 1. The average molecular weight is 389 g/mol. The Kier molecular flexibility index (Phi) is 6.67. The van der Waals surface area contributed by atoms with Gasteiger partial charge in [-0.3, -0.25) is 10.1 Å². The number of anilines is 1. The molecule has 0 aliphatic rings. The summed E-state index contributed by atoms with van der Waals surface area (Å²) < 4.78 is 5.12. The molecule has 0 aliphatic carbocycles. The number of hydrogen-bond acceptors (Lipinski definition) is 6. The molecule has 3 rings (SSSR count). The van der Waals surface area contributed by atoms with E-state index in [1.807, 2.05) is 54.6 Å². The lowest BCUT2D eigenvalue weighted by molar-refractivity contribution is -0.385. The van der Waals surface area contributed by atoms with Gasteiger partial charge in [0.2, 0.25) is 0 Å². The second kappa shape index (κ2) is 9.80. The van der Waals surface area contributed by atoms with E-state index in [1.54, 1.807) is 6.08 Å². The van der Waals surface area contributed by atoms with Gasteiger partial charge < -0.3 is 10.1 Å². The largest absolute Gasteiger partial charge is 0.461 e. The smallest absolute Gasteiger partial charge is 0.330 e. The number of ether oxygens (including phenoxy) is 1. The Balaban J connectivity index is 1.42. The molecule has 0 atom stereocenters. The quantitative estimate of drug-likeness (QED) is 0.203. The third-order valence-corrected chi connectivity index (χ3v) is 4.04. The summed E-state index contributed by atoms with van der Waals surface area (Å²) >= 11 is 0. The van der Waals surface area contributed by atoms with E-state index in [0.29, 0.717) is 12.4 Å². The molecule has 0 spiro atoms. The van der Waals surface area contributed by atoms with Crippen LogP contribution in [-0.2, 0) is 9.53 Å². The second-order valence-corrected chi connectivity index (χ2v) is 6.07. The first kappa shape index (κ1) is 19.8. The number of esters is 1. The van der Waals surface area contributed by atoms with E-state index in [1.165, 1.54) is 24.4 Å². The van der Waals surface area contributed by atoms with Crippen molar-refractivity contribution < 1.29 is 14.5 Å². The van der Waals surface area contributed by atoms with Crippen LogP contribution in [0.2, 0.25) is 0 Å². The van der Waals surface area contributed by atoms with Crippen molar-refractivity contribution in [2.24, 2.45) is 0 Å². The number of nitro groups is 1. The molecular formula is C22H19N3O4. The molecule has 0 fully saturated rings. The zero-order valence-electron chi connectivity index (χ0n) is 15.5. The summed E-state index contributed by atoms with van der Waals surface area (Å²) in [4.78, 5) is 25.8. The number of rotatable bonds is 8. The Hall–Kier alpha value is -4.00. The van der Waals surface area contributed by atoms with Crippen LogP contribution in [0.15, 0.2) is 79.0 Å². The average Bonchev–Trinajstić information content (AvgIpc) is 2.76. The van der Waals surface area contributed by atoms with E-state index in [0.717, 1.165) is 16.7 Å². The molecule has 1 N–H and O–H groups in total. The minimum atomic E-state index is -0.514. The minimum Gasteiger partial charge on any atom is -0.461 e. The van der Waals surface area contributed by atoms with Crippen LogP contribution in [0.3, 0.4) is 0 Å². The monoisotopic (exact) mass is 389 g/mol. The van der Waals surface area contributed by atoms with Gasteiger partial charge in [-0.2, -0.15) is 0 Å². The molecule has 0 radical (unpaired) electrons. The summed E-state index contributed by atoms with van der Waals surface area (Å²) in [5.74, 6) is 0.0243. The fourth-order valence-electron chi connectivity index (χ4n) is 2.56. The topological polar surface area (TPSA) is 94.4 Å². The highest BCUT2D eigenvalue weighted by atomic mass is 16.6. The van der Waals surface area contributed by atoms with Crippen molar-refractivity contribution in [1.82, 2.24) is 4.98 Å². The second-order valence-electron chi connectivity index (χ2n) is 6.07. The maximum Gasteiger partial charge on any atom is 0.330 e. The maximum absolute atomic E-state index is 11.8. The Labute approximate surface area is 167 Å². The maximum atomic E-state index is 11.8. The summed E-state index contributed by atoms with van der Waals surface area (Å²) in [7, 11) is 0. The molecule has 0 saturated heterocycles. The number of nitrogens with one attached hydrogen (secondary N) is 1. The van der Waals surface area contributed by atoms with Crippen LogP contribution in [0.4, 0.5) is 11.5 Å². The van der Waals surface area contributed by atoms with Gasteiger partial charge in [-0.25, -0.2) is 9.78 Å². The lowest BCUT2D eigenvalue weighted by Crippen LogP contribution is -2.13. The van der Waals surface area contributed by atoms with Crippen molar-refractivity contribution in [1.29, 1.82) is 0 Å². The van der Waals surface area contributed by atoms with E-state index in [2.05, 4.69) is 10.3 Å². The van der Waals surface area contributed by atoms with Crippen molar-refractivity contribution in [2.75, 3.05) is 18.5 Å². The summed E-state index contributed by atoms with van der Waals surface area (Å²) in [6.45, 7) is 0.491. The molecule has 1 heterocycles. The normalized spacial score (nSPS) is 10.6. The van der Waals surface area contributed by atoms with Crippen LogP contribution in [0.1, 0.15) is 5.56 Å². The molecule has 3 aromatic rings.